The number of piperidine rings is 1. The fraction of sp³-hybridized carbons (Fsp3) is 1.00. The maximum atomic E-state index is 2.68. The van der Waals surface area contributed by atoms with Crippen LogP contribution in [0.4, 0.5) is 0 Å². The van der Waals surface area contributed by atoms with Gasteiger partial charge in [0.15, 0.2) is 0 Å². The van der Waals surface area contributed by atoms with Crippen LogP contribution in [0.15, 0.2) is 0 Å². The van der Waals surface area contributed by atoms with E-state index in [0.29, 0.717) is 0 Å². The Labute approximate surface area is 130 Å². The molecule has 0 radical (unpaired) electrons. The van der Waals surface area contributed by atoms with Crippen molar-refractivity contribution >= 4 is 51.7 Å². The van der Waals surface area contributed by atoms with Crippen molar-refractivity contribution in [2.75, 3.05) is 36.9 Å². The summed E-state index contributed by atoms with van der Waals surface area (Å²) in [5.41, 5.74) is 0.815. The largest absolute Gasteiger partial charge is 0.302 e. The van der Waals surface area contributed by atoms with E-state index in [9.17, 15) is 0 Å². The molecule has 100 valence electrons. The van der Waals surface area contributed by atoms with E-state index >= 15 is 0 Å². The summed E-state index contributed by atoms with van der Waals surface area (Å²) >= 11 is 2.38. The van der Waals surface area contributed by atoms with E-state index in [2.05, 4.69) is 36.9 Å². The normalized spacial score (nSPS) is 23.8. The predicted octanol–water partition coefficient (Wildman–Crippen LogP) is 4.72. The molecule has 0 bridgehead atoms. The number of halogens is 1. The zero-order valence-corrected chi connectivity index (χ0v) is 14.9. The van der Waals surface area contributed by atoms with Crippen molar-refractivity contribution in [3.05, 3.63) is 0 Å². The molecule has 1 nitrogen and oxygen atoms in total. The van der Waals surface area contributed by atoms with Crippen LogP contribution >= 0.6 is 51.7 Å². The number of rotatable bonds is 7. The lowest BCUT2D eigenvalue weighted by Gasteiger charge is -2.48. The van der Waals surface area contributed by atoms with Crippen LogP contribution in [0.3, 0.4) is 0 Å². The number of likely N-dealkylation sites (tertiary alicyclic amines) is 1. The second kappa shape index (κ2) is 8.12. The van der Waals surface area contributed by atoms with Crippen molar-refractivity contribution in [1.29, 1.82) is 0 Å². The summed E-state index contributed by atoms with van der Waals surface area (Å²) in [7, 11) is 6.03. The molecule has 1 saturated heterocycles. The topological polar surface area (TPSA) is 3.24 Å². The van der Waals surface area contributed by atoms with Crippen molar-refractivity contribution < 1.29 is 0 Å². The monoisotopic (exact) mass is 403 g/mol. The fourth-order valence-electron chi connectivity index (χ4n) is 2.78. The summed E-state index contributed by atoms with van der Waals surface area (Å²) in [4.78, 5) is 2.68. The van der Waals surface area contributed by atoms with Crippen molar-refractivity contribution in [2.45, 2.75) is 32.1 Å². The molecule has 1 spiro atoms. The van der Waals surface area contributed by atoms with E-state index in [1.165, 1.54) is 69.0 Å². The summed E-state index contributed by atoms with van der Waals surface area (Å²) in [5.74, 6) is 3.88. The fourth-order valence-corrected chi connectivity index (χ4v) is 7.03. The van der Waals surface area contributed by atoms with Crippen LogP contribution < -0.4 is 0 Å². The third kappa shape index (κ3) is 4.97. The van der Waals surface area contributed by atoms with Gasteiger partial charge in [0.05, 0.1) is 0 Å². The van der Waals surface area contributed by atoms with Crippen LogP contribution in [0.25, 0.3) is 0 Å². The molecular weight excluding hydrogens is 381 g/mol. The number of hydrogen-bond acceptors (Lipinski definition) is 4. The first-order valence-corrected chi connectivity index (χ1v) is 12.6. The highest BCUT2D eigenvalue weighted by molar-refractivity contribution is 14.2. The molecule has 2 rings (SSSR count). The van der Waals surface area contributed by atoms with Crippen molar-refractivity contribution in [2.24, 2.45) is 5.41 Å². The van der Waals surface area contributed by atoms with E-state index in [1.807, 2.05) is 19.7 Å². The second-order valence-corrected chi connectivity index (χ2v) is 10.3. The van der Waals surface area contributed by atoms with Gasteiger partial charge in [-0.1, -0.05) is 36.9 Å². The van der Waals surface area contributed by atoms with Gasteiger partial charge < -0.3 is 4.90 Å². The quantitative estimate of drug-likeness (QED) is 0.344. The van der Waals surface area contributed by atoms with Gasteiger partial charge in [0.2, 0.25) is 0 Å². The minimum atomic E-state index is 0.815. The first kappa shape index (κ1) is 15.1. The van der Waals surface area contributed by atoms with Crippen LogP contribution in [0.1, 0.15) is 32.1 Å². The molecule has 1 saturated carbocycles. The molecule has 0 aromatic heterocycles. The van der Waals surface area contributed by atoms with Crippen molar-refractivity contribution in [3.8, 4) is 0 Å². The molecule has 2 aliphatic rings. The minimum absolute atomic E-state index is 0.815. The molecule has 1 aliphatic carbocycles. The Bertz CT molecular complexity index is 214. The van der Waals surface area contributed by atoms with Gasteiger partial charge >= 0.3 is 0 Å². The summed E-state index contributed by atoms with van der Waals surface area (Å²) in [6.07, 6.45) is 7.52. The molecule has 17 heavy (non-hydrogen) atoms. The van der Waals surface area contributed by atoms with Crippen LogP contribution in [0, 0.1) is 5.41 Å². The molecule has 1 heterocycles. The number of hydrogen-bond donors (Lipinski definition) is 0. The smallest absolute Gasteiger partial charge is 0.0165 e. The Morgan fingerprint density at radius 3 is 2.24 bits per heavy atom. The first-order chi connectivity index (χ1) is 8.35. The first-order valence-electron chi connectivity index (χ1n) is 6.55. The van der Waals surface area contributed by atoms with Gasteiger partial charge in [0, 0.05) is 23.8 Å². The Hall–Kier alpha value is 1.74. The van der Waals surface area contributed by atoms with Gasteiger partial charge in [0.1, 0.15) is 0 Å². The van der Waals surface area contributed by atoms with E-state index in [0.717, 1.165) is 5.41 Å². The Morgan fingerprint density at radius 1 is 0.941 bits per heavy atom. The number of nitrogens with zero attached hydrogens (tertiary/aromatic N) is 1. The van der Waals surface area contributed by atoms with E-state index in [4.69, 9.17) is 0 Å². The molecule has 0 amide bonds. The zero-order chi connectivity index (χ0) is 12.0. The summed E-state index contributed by atoms with van der Waals surface area (Å²) in [6, 6.07) is 0. The maximum Gasteiger partial charge on any atom is 0.0165 e. The van der Waals surface area contributed by atoms with Crippen LogP contribution in [0.2, 0.25) is 0 Å². The minimum Gasteiger partial charge on any atom is -0.302 e. The van der Waals surface area contributed by atoms with Crippen molar-refractivity contribution in [1.82, 2.24) is 4.90 Å². The van der Waals surface area contributed by atoms with Crippen LogP contribution in [-0.2, 0) is 0 Å². The van der Waals surface area contributed by atoms with Crippen LogP contribution in [0.5, 0.6) is 0 Å². The molecule has 0 aromatic rings. The van der Waals surface area contributed by atoms with Gasteiger partial charge in [-0.25, -0.2) is 0 Å². The molecule has 1 aliphatic heterocycles. The highest BCUT2D eigenvalue weighted by atomic mass is 127. The Balaban J connectivity index is 1.47. The lowest BCUT2D eigenvalue weighted by Crippen LogP contribution is -2.44. The molecule has 0 N–H and O–H groups in total. The van der Waals surface area contributed by atoms with E-state index in [-0.39, 0.29) is 0 Å². The third-order valence-corrected chi connectivity index (χ3v) is 8.47. The lowest BCUT2D eigenvalue weighted by molar-refractivity contribution is 0.0361. The van der Waals surface area contributed by atoms with Crippen molar-refractivity contribution in [3.63, 3.8) is 0 Å². The van der Waals surface area contributed by atoms with E-state index < -0.39 is 0 Å². The average molecular weight is 403 g/mol. The predicted molar refractivity (Wildman–Crippen MR) is 93.4 cm³/mol. The molecule has 2 fully saturated rings. The van der Waals surface area contributed by atoms with E-state index in [1.54, 1.807) is 0 Å². The molecule has 0 unspecified atom stereocenters. The zero-order valence-electron chi connectivity index (χ0n) is 10.3. The summed E-state index contributed by atoms with van der Waals surface area (Å²) in [5, 5.41) is 0. The molecule has 5 heteroatoms. The Kier molecular flexibility index (Phi) is 7.23. The molecule has 0 atom stereocenters. The molecule has 0 aromatic carbocycles. The second-order valence-electron chi connectivity index (χ2n) is 5.15. The SMILES string of the molecule is ISCCSSCCN1CCC2(CCC2)CC1. The van der Waals surface area contributed by atoms with Gasteiger partial charge in [-0.15, -0.1) is 0 Å². The summed E-state index contributed by atoms with van der Waals surface area (Å²) in [6.45, 7) is 4.05. The molecular formula is C12H22INS3. The Morgan fingerprint density at radius 2 is 1.65 bits per heavy atom. The highest BCUT2D eigenvalue weighted by Crippen LogP contribution is 2.48. The van der Waals surface area contributed by atoms with Gasteiger partial charge in [-0.3, -0.25) is 0 Å². The van der Waals surface area contributed by atoms with Crippen LogP contribution in [-0.4, -0.2) is 41.8 Å². The lowest BCUT2D eigenvalue weighted by atomic mass is 9.63. The van der Waals surface area contributed by atoms with Gasteiger partial charge in [-0.2, -0.15) is 0 Å². The van der Waals surface area contributed by atoms with Gasteiger partial charge in [0.25, 0.3) is 0 Å². The standard InChI is InChI=1S/C12H22INS3/c13-15-10-11-17-16-9-8-14-6-4-12(5-7-14)2-1-3-12/h1-11H2. The third-order valence-electron chi connectivity index (χ3n) is 4.15. The van der Waals surface area contributed by atoms with Gasteiger partial charge in [-0.05, 0) is 65.4 Å². The summed E-state index contributed by atoms with van der Waals surface area (Å²) < 4.78 is 0. The average Bonchev–Trinajstić information content (AvgIpc) is 2.32. The maximum absolute atomic E-state index is 2.68. The highest BCUT2D eigenvalue weighted by Gasteiger charge is 2.39.